The number of hydrogen-bond donors (Lipinski definition) is 0. The molecule has 0 aromatic heterocycles. The molecule has 0 saturated heterocycles. The standard InChI is InChI=1S/C35H40O6/c1-4-6-8-10-12-18-28(36)40-34-26-17-15-14-16-24(26)30-31(32(34)38)25-21-20-23(3)22-27(25)35(33(30)39)41-29(37)19-13-11-9-7-5-2/h14-17,20-22H,4-13,18-19H2,1-3H3. The quantitative estimate of drug-likeness (QED) is 0.256. The number of fused-ring (bicyclic) bond motifs is 3. The van der Waals surface area contributed by atoms with Crippen LogP contribution in [-0.2, 0) is 28.7 Å². The summed E-state index contributed by atoms with van der Waals surface area (Å²) in [6.45, 7) is 6.14. The Morgan fingerprint density at radius 2 is 1.05 bits per heavy atom. The summed E-state index contributed by atoms with van der Waals surface area (Å²) in [5.41, 5.74) is 1.21. The predicted octanol–water partition coefficient (Wildman–Crippen LogP) is 4.19. The van der Waals surface area contributed by atoms with Crippen molar-refractivity contribution in [2.75, 3.05) is 0 Å². The summed E-state index contributed by atoms with van der Waals surface area (Å²) in [7, 11) is 0. The summed E-state index contributed by atoms with van der Waals surface area (Å²) in [4.78, 5) is 53.6. The van der Waals surface area contributed by atoms with Crippen LogP contribution in [0.4, 0.5) is 0 Å². The maximum absolute atomic E-state index is 14.0. The molecule has 2 aromatic rings. The van der Waals surface area contributed by atoms with Crippen molar-refractivity contribution in [1.82, 2.24) is 0 Å². The monoisotopic (exact) mass is 556 g/mol. The van der Waals surface area contributed by atoms with Crippen LogP contribution in [0.25, 0.3) is 22.7 Å². The van der Waals surface area contributed by atoms with Crippen molar-refractivity contribution in [3.63, 3.8) is 0 Å². The van der Waals surface area contributed by atoms with Gasteiger partial charge in [0, 0.05) is 34.4 Å². The molecule has 0 radical (unpaired) electrons. The molecule has 0 saturated carbocycles. The summed E-state index contributed by atoms with van der Waals surface area (Å²) in [5, 5.41) is 1.77. The molecule has 2 aliphatic rings. The Morgan fingerprint density at radius 1 is 0.585 bits per heavy atom. The van der Waals surface area contributed by atoms with Gasteiger partial charge in [0.25, 0.3) is 0 Å². The molecule has 0 fully saturated rings. The summed E-state index contributed by atoms with van der Waals surface area (Å²) >= 11 is 0. The summed E-state index contributed by atoms with van der Waals surface area (Å²) < 4.78 is 11.5. The lowest BCUT2D eigenvalue weighted by Gasteiger charge is -2.22. The molecule has 0 N–H and O–H groups in total. The average molecular weight is 557 g/mol. The van der Waals surface area contributed by atoms with E-state index in [-0.39, 0.29) is 35.5 Å². The van der Waals surface area contributed by atoms with Gasteiger partial charge < -0.3 is 9.47 Å². The third kappa shape index (κ3) is 6.92. The van der Waals surface area contributed by atoms with Crippen LogP contribution >= 0.6 is 0 Å². The first-order valence-corrected chi connectivity index (χ1v) is 15.1. The fraction of sp³-hybridized carbons (Fsp3) is 0.429. The van der Waals surface area contributed by atoms with Crippen molar-refractivity contribution >= 4 is 46.2 Å². The summed E-state index contributed by atoms with van der Waals surface area (Å²) in [5.74, 6) is -2.08. The molecule has 2 aliphatic carbocycles. The third-order valence-electron chi connectivity index (χ3n) is 7.65. The van der Waals surface area contributed by atoms with Crippen LogP contribution in [-0.4, -0.2) is 23.5 Å². The van der Waals surface area contributed by atoms with Gasteiger partial charge in [0.2, 0.25) is 11.6 Å². The maximum Gasteiger partial charge on any atom is 0.311 e. The van der Waals surface area contributed by atoms with E-state index in [4.69, 9.17) is 9.47 Å². The Kier molecular flexibility index (Phi) is 10.4. The zero-order valence-corrected chi connectivity index (χ0v) is 24.5. The highest BCUT2D eigenvalue weighted by Gasteiger charge is 2.37. The Morgan fingerprint density at radius 3 is 1.59 bits per heavy atom. The third-order valence-corrected chi connectivity index (χ3v) is 7.65. The van der Waals surface area contributed by atoms with E-state index in [1.165, 1.54) is 0 Å². The number of Topliss-reactive ketones (excluding diaryl/α,β-unsaturated/α-hetero) is 2. The van der Waals surface area contributed by atoms with Gasteiger partial charge in [-0.3, -0.25) is 19.2 Å². The molecule has 0 aliphatic heterocycles. The second kappa shape index (κ2) is 14.2. The van der Waals surface area contributed by atoms with Crippen LogP contribution in [0.5, 0.6) is 0 Å². The van der Waals surface area contributed by atoms with E-state index < -0.39 is 23.5 Å². The van der Waals surface area contributed by atoms with Gasteiger partial charge in [-0.2, -0.15) is 0 Å². The highest BCUT2D eigenvalue weighted by atomic mass is 16.5. The van der Waals surface area contributed by atoms with Gasteiger partial charge in [0.1, 0.15) is 0 Å². The van der Waals surface area contributed by atoms with E-state index in [0.29, 0.717) is 33.7 Å². The minimum atomic E-state index is -0.516. The SMILES string of the molecule is CCCCCCCC(=O)OC1=c2ccccc2=C2C(=O)C(OC(=O)CCCCCCC)=c3cc(C)ccc3=C2C1=O. The number of esters is 2. The van der Waals surface area contributed by atoms with Crippen molar-refractivity contribution in [3.05, 3.63) is 68.9 Å². The van der Waals surface area contributed by atoms with Crippen molar-refractivity contribution in [2.24, 2.45) is 0 Å². The van der Waals surface area contributed by atoms with Crippen LogP contribution in [0, 0.1) is 6.92 Å². The number of rotatable bonds is 14. The summed E-state index contributed by atoms with van der Waals surface area (Å²) in [6, 6.07) is 12.3. The van der Waals surface area contributed by atoms with E-state index in [0.717, 1.165) is 56.9 Å². The molecule has 2 aromatic carbocycles. The molecule has 0 atom stereocenters. The number of carbonyl (C=O) groups is 4. The van der Waals surface area contributed by atoms with Gasteiger partial charge in [0.05, 0.1) is 0 Å². The molecule has 6 heteroatoms. The van der Waals surface area contributed by atoms with Crippen LogP contribution in [0.1, 0.15) is 96.5 Å². The second-order valence-electron chi connectivity index (χ2n) is 10.9. The van der Waals surface area contributed by atoms with Crippen LogP contribution in [0.15, 0.2) is 42.5 Å². The van der Waals surface area contributed by atoms with E-state index in [1.807, 2.05) is 13.0 Å². The minimum absolute atomic E-state index is 0.0591. The Bertz CT molecular complexity index is 1590. The lowest BCUT2D eigenvalue weighted by molar-refractivity contribution is -0.139. The molecule has 0 amide bonds. The van der Waals surface area contributed by atoms with Crippen molar-refractivity contribution < 1.29 is 28.7 Å². The molecular weight excluding hydrogens is 516 g/mol. The Balaban J connectivity index is 1.75. The topological polar surface area (TPSA) is 86.7 Å². The van der Waals surface area contributed by atoms with Crippen LogP contribution < -0.4 is 20.9 Å². The number of carbonyl (C=O) groups excluding carboxylic acids is 4. The van der Waals surface area contributed by atoms with E-state index >= 15 is 0 Å². The van der Waals surface area contributed by atoms with E-state index in [2.05, 4.69) is 13.8 Å². The number of benzene rings is 2. The van der Waals surface area contributed by atoms with Crippen molar-refractivity contribution in [1.29, 1.82) is 0 Å². The lowest BCUT2D eigenvalue weighted by atomic mass is 9.83. The molecule has 0 spiro atoms. The molecular formula is C35H40O6. The zero-order chi connectivity index (χ0) is 29.4. The van der Waals surface area contributed by atoms with Gasteiger partial charge in [-0.1, -0.05) is 107 Å². The predicted molar refractivity (Wildman–Crippen MR) is 159 cm³/mol. The Hall–Kier alpha value is -3.80. The smallest absolute Gasteiger partial charge is 0.311 e. The lowest BCUT2D eigenvalue weighted by Crippen LogP contribution is -2.47. The first kappa shape index (κ1) is 30.2. The van der Waals surface area contributed by atoms with E-state index in [9.17, 15) is 19.2 Å². The van der Waals surface area contributed by atoms with Gasteiger partial charge in [-0.05, 0) is 36.3 Å². The molecule has 41 heavy (non-hydrogen) atoms. The number of hydrogen-bond acceptors (Lipinski definition) is 6. The molecule has 216 valence electrons. The molecule has 0 unspecified atom stereocenters. The van der Waals surface area contributed by atoms with Gasteiger partial charge >= 0.3 is 11.9 Å². The largest absolute Gasteiger partial charge is 0.422 e. The van der Waals surface area contributed by atoms with Gasteiger partial charge in [0.15, 0.2) is 11.5 Å². The van der Waals surface area contributed by atoms with Crippen LogP contribution in [0.3, 0.4) is 0 Å². The van der Waals surface area contributed by atoms with Crippen molar-refractivity contribution in [3.8, 4) is 0 Å². The minimum Gasteiger partial charge on any atom is -0.422 e. The Labute approximate surface area is 241 Å². The number of unbranched alkanes of at least 4 members (excludes halogenated alkanes) is 8. The highest BCUT2D eigenvalue weighted by Crippen LogP contribution is 2.26. The van der Waals surface area contributed by atoms with E-state index in [1.54, 1.807) is 36.4 Å². The van der Waals surface area contributed by atoms with Gasteiger partial charge in [-0.15, -0.1) is 0 Å². The fourth-order valence-corrected chi connectivity index (χ4v) is 5.45. The first-order valence-electron chi connectivity index (χ1n) is 15.1. The fourth-order valence-electron chi connectivity index (χ4n) is 5.45. The molecule has 4 rings (SSSR count). The zero-order valence-electron chi connectivity index (χ0n) is 24.5. The normalized spacial score (nSPS) is 14.0. The number of aryl methyl sites for hydroxylation is 1. The number of ether oxygens (including phenoxy) is 2. The average Bonchev–Trinajstić information content (AvgIpc) is 2.96. The van der Waals surface area contributed by atoms with Crippen LogP contribution in [0.2, 0.25) is 0 Å². The maximum atomic E-state index is 14.0. The molecule has 0 heterocycles. The molecule has 0 bridgehead atoms. The van der Waals surface area contributed by atoms with Gasteiger partial charge in [-0.25, -0.2) is 0 Å². The highest BCUT2D eigenvalue weighted by molar-refractivity contribution is 6.58. The molecule has 6 nitrogen and oxygen atoms in total. The summed E-state index contributed by atoms with van der Waals surface area (Å²) in [6.07, 6.45) is 10.2. The van der Waals surface area contributed by atoms with Crippen molar-refractivity contribution in [2.45, 2.75) is 97.8 Å². The number of ketones is 2. The second-order valence-corrected chi connectivity index (χ2v) is 10.9. The first-order chi connectivity index (χ1) is 19.9.